The zero-order chi connectivity index (χ0) is 20.1. The normalized spacial score (nSPS) is 19.7. The molecule has 2 nitrogen and oxygen atoms in total. The van der Waals surface area contributed by atoms with Crippen molar-refractivity contribution in [3.8, 4) is 11.1 Å². The van der Waals surface area contributed by atoms with E-state index in [2.05, 4.69) is 45.7 Å². The first kappa shape index (κ1) is 20.8. The average molecular weight is 514 g/mol. The quantitative estimate of drug-likeness (QED) is 0.477. The van der Waals surface area contributed by atoms with Gasteiger partial charge in [0.2, 0.25) is 0 Å². The van der Waals surface area contributed by atoms with Gasteiger partial charge in [-0.05, 0) is 0 Å². The molecule has 1 fully saturated rings. The molecule has 28 heavy (non-hydrogen) atoms. The van der Waals surface area contributed by atoms with Crippen LogP contribution in [-0.2, 0) is 25.6 Å². The molecule has 0 aliphatic heterocycles. The van der Waals surface area contributed by atoms with Crippen LogP contribution < -0.4 is 8.45 Å². The first-order chi connectivity index (χ1) is 13.0. The van der Waals surface area contributed by atoms with Crippen molar-refractivity contribution in [2.45, 2.75) is 47.8 Å². The van der Waals surface area contributed by atoms with E-state index in [1.54, 1.807) is 0 Å². The van der Waals surface area contributed by atoms with Crippen LogP contribution in [0.4, 0.5) is 0 Å². The second-order valence-corrected chi connectivity index (χ2v) is 67.5. The van der Waals surface area contributed by atoms with Crippen LogP contribution >= 0.6 is 17.0 Å². The van der Waals surface area contributed by atoms with Crippen LogP contribution in [-0.4, -0.2) is 12.6 Å². The molecule has 0 bridgehead atoms. The molecule has 150 valence electrons. The molecule has 2 aromatic carbocycles. The average Bonchev–Trinajstić information content (AvgIpc) is 3.01. The zero-order valence-electron chi connectivity index (χ0n) is 16.7. The van der Waals surface area contributed by atoms with Crippen molar-refractivity contribution >= 4 is 34.8 Å². The van der Waals surface area contributed by atoms with Crippen LogP contribution in [0.5, 0.6) is 0 Å². The SMILES string of the molecule is [CH3][Zr]([CH3])([Cl])([Cl])([NH]C(=O)C1CCCCC1)[SiH2]c1cccc2c1Cc1ccccc1-2. The number of amides is 1. The Morgan fingerprint density at radius 1 is 1.00 bits per heavy atom. The van der Waals surface area contributed by atoms with Gasteiger partial charge in [-0.3, -0.25) is 0 Å². The van der Waals surface area contributed by atoms with E-state index in [0.29, 0.717) is 0 Å². The number of halogens is 2. The molecule has 0 aromatic heterocycles. The summed E-state index contributed by atoms with van der Waals surface area (Å²) in [5.41, 5.74) is 5.36. The monoisotopic (exact) mass is 511 g/mol. The first-order valence-corrected chi connectivity index (χ1v) is 29.5. The van der Waals surface area contributed by atoms with Crippen LogP contribution in [0.3, 0.4) is 0 Å². The van der Waals surface area contributed by atoms with Crippen LogP contribution in [0.15, 0.2) is 42.5 Å². The molecule has 6 heteroatoms. The third-order valence-corrected chi connectivity index (χ3v) is 29.4. The van der Waals surface area contributed by atoms with E-state index in [0.717, 1.165) is 32.1 Å². The predicted molar refractivity (Wildman–Crippen MR) is 121 cm³/mol. The van der Waals surface area contributed by atoms with Crippen molar-refractivity contribution in [2.75, 3.05) is 0 Å². The van der Waals surface area contributed by atoms with Crippen molar-refractivity contribution in [1.29, 1.82) is 0 Å². The van der Waals surface area contributed by atoms with E-state index >= 15 is 0 Å². The molecule has 2 aromatic rings. The Morgan fingerprint density at radius 2 is 1.68 bits per heavy atom. The van der Waals surface area contributed by atoms with Gasteiger partial charge in [-0.2, -0.15) is 0 Å². The summed E-state index contributed by atoms with van der Waals surface area (Å²) < 4.78 is 7.29. The van der Waals surface area contributed by atoms with Gasteiger partial charge >= 0.3 is 176 Å². The van der Waals surface area contributed by atoms with Gasteiger partial charge in [0.25, 0.3) is 0 Å². The minimum atomic E-state index is -4.84. The van der Waals surface area contributed by atoms with Gasteiger partial charge < -0.3 is 0 Å². The molecule has 0 unspecified atom stereocenters. The van der Waals surface area contributed by atoms with Gasteiger partial charge in [-0.1, -0.05) is 0 Å². The molecule has 1 amide bonds. The van der Waals surface area contributed by atoms with Crippen LogP contribution in [0.25, 0.3) is 11.1 Å². The first-order valence-electron chi connectivity index (χ1n) is 10.4. The standard InChI is InChI=1S/C13H11Si.C7H13NO.2CH3.2ClH.Zr/c14-13-7-3-6-11-10-5-2-1-4-9(10)8-12(11)13;8-7(9)6-4-2-1-3-5-6;;;;;/h1-7H,8,14H2;6H,1-5H2,(H2,8,9);2*1H3;2*1H;/q;;;;;;+3/p-3. The maximum atomic E-state index is 13.0. The molecule has 0 spiro atoms. The Labute approximate surface area is 174 Å². The molecule has 1 saturated carbocycles. The molecular weight excluding hydrogens is 484 g/mol. The molecule has 4 rings (SSSR count). The Morgan fingerprint density at radius 3 is 2.43 bits per heavy atom. The Bertz CT molecular complexity index is 947. The molecule has 0 radical (unpaired) electrons. The number of rotatable bonds is 4. The van der Waals surface area contributed by atoms with Crippen molar-refractivity contribution in [3.05, 3.63) is 53.6 Å². The Hall–Kier alpha value is -0.410. The number of hydrogen-bond donors (Lipinski definition) is 1. The summed E-state index contributed by atoms with van der Waals surface area (Å²) in [7, 11) is 14.6. The Kier molecular flexibility index (Phi) is 5.07. The summed E-state index contributed by atoms with van der Waals surface area (Å²) in [5.74, 6) is 0.170. The fourth-order valence-electron chi connectivity index (χ4n) is 4.95. The minimum absolute atomic E-state index is 0.0775. The summed E-state index contributed by atoms with van der Waals surface area (Å²) in [6.07, 6.45) is 6.35. The van der Waals surface area contributed by atoms with Gasteiger partial charge in [0.1, 0.15) is 0 Å². The third kappa shape index (κ3) is 4.51. The molecule has 0 saturated heterocycles. The van der Waals surface area contributed by atoms with Crippen LogP contribution in [0.1, 0.15) is 43.2 Å². The summed E-state index contributed by atoms with van der Waals surface area (Å²) in [4.78, 5) is 13.0. The van der Waals surface area contributed by atoms with E-state index in [1.165, 1.54) is 33.9 Å². The molecule has 2 aliphatic carbocycles. The molecule has 1 N–H and O–H groups in total. The van der Waals surface area contributed by atoms with Crippen LogP contribution in [0.2, 0.25) is 9.26 Å². The third-order valence-electron chi connectivity index (χ3n) is 6.25. The van der Waals surface area contributed by atoms with Crippen molar-refractivity contribution in [1.82, 2.24) is 3.26 Å². The second-order valence-electron chi connectivity index (χ2n) is 9.95. The summed E-state index contributed by atoms with van der Waals surface area (Å²) in [6, 6.07) is 15.1. The summed E-state index contributed by atoms with van der Waals surface area (Å²) in [6.45, 7) is -1.09. The fourth-order valence-corrected chi connectivity index (χ4v) is 29.1. The predicted octanol–water partition coefficient (Wildman–Crippen LogP) is 5.21. The number of carbonyl (C=O) groups excluding carboxylic acids is 1. The summed E-state index contributed by atoms with van der Waals surface area (Å²) in [5, 5.41) is 1.31. The van der Waals surface area contributed by atoms with Crippen molar-refractivity contribution in [3.63, 3.8) is 0 Å². The molecule has 0 heterocycles. The van der Waals surface area contributed by atoms with Crippen LogP contribution in [0, 0.1) is 5.92 Å². The van der Waals surface area contributed by atoms with E-state index in [1.807, 2.05) is 9.26 Å². The van der Waals surface area contributed by atoms with Crippen molar-refractivity contribution in [2.24, 2.45) is 5.92 Å². The van der Waals surface area contributed by atoms with E-state index in [9.17, 15) is 4.79 Å². The topological polar surface area (TPSA) is 29.1 Å². The number of benzene rings is 2. The van der Waals surface area contributed by atoms with E-state index in [4.69, 9.17) is 17.0 Å². The number of hydrogen-bond acceptors (Lipinski definition) is 1. The Balaban J connectivity index is 1.63. The molecular formula is C22H29Cl2NOSiZr. The maximum absolute atomic E-state index is 13.0. The molecule has 2 aliphatic rings. The van der Waals surface area contributed by atoms with E-state index in [-0.39, 0.29) is 11.8 Å². The number of carbonyl (C=O) groups is 1. The van der Waals surface area contributed by atoms with Gasteiger partial charge in [0, 0.05) is 0 Å². The van der Waals surface area contributed by atoms with Gasteiger partial charge in [-0.15, -0.1) is 0 Å². The van der Waals surface area contributed by atoms with Gasteiger partial charge in [-0.25, -0.2) is 0 Å². The zero-order valence-corrected chi connectivity index (χ0v) is 22.1. The number of nitrogens with one attached hydrogen (secondary N) is 1. The second kappa shape index (κ2) is 6.80. The van der Waals surface area contributed by atoms with Crippen molar-refractivity contribution < 1.29 is 19.2 Å². The summed E-state index contributed by atoms with van der Waals surface area (Å²) >= 11 is -4.84. The van der Waals surface area contributed by atoms with Gasteiger partial charge in [0.15, 0.2) is 0 Å². The number of fused-ring (bicyclic) bond motifs is 3. The van der Waals surface area contributed by atoms with E-state index < -0.39 is 21.0 Å². The molecule has 0 atom stereocenters. The van der Waals surface area contributed by atoms with Gasteiger partial charge in [0.05, 0.1) is 0 Å². The fraction of sp³-hybridized carbons (Fsp3) is 0.409.